The van der Waals surface area contributed by atoms with Crippen molar-refractivity contribution in [3.63, 3.8) is 0 Å². The highest BCUT2D eigenvalue weighted by molar-refractivity contribution is 9.10. The van der Waals surface area contributed by atoms with Crippen molar-refractivity contribution < 1.29 is 33.6 Å². The average Bonchev–Trinajstić information content (AvgIpc) is 2.74. The van der Waals surface area contributed by atoms with E-state index in [1.165, 1.54) is 31.2 Å². The molecule has 0 radical (unpaired) electrons. The van der Waals surface area contributed by atoms with Gasteiger partial charge in [-0.25, -0.2) is 4.79 Å². The zero-order valence-electron chi connectivity index (χ0n) is 19.7. The molecular weight excluding hydrogens is 480 g/mol. The lowest BCUT2D eigenvalue weighted by atomic mass is 9.80. The van der Waals surface area contributed by atoms with Crippen molar-refractivity contribution in [1.82, 2.24) is 0 Å². The molecule has 0 aromatic heterocycles. The summed E-state index contributed by atoms with van der Waals surface area (Å²) in [6.07, 6.45) is 4.94. The van der Waals surface area contributed by atoms with Crippen molar-refractivity contribution >= 4 is 21.9 Å². The minimum atomic E-state index is -0.985. The first-order valence-corrected chi connectivity index (χ1v) is 12.1. The summed E-state index contributed by atoms with van der Waals surface area (Å²) in [5.74, 6) is -0.163. The van der Waals surface area contributed by atoms with Crippen LogP contribution < -0.4 is 4.74 Å². The maximum atomic E-state index is 10.3. The molecule has 0 saturated heterocycles. The van der Waals surface area contributed by atoms with Crippen LogP contribution in [-0.2, 0) is 29.2 Å². The molecule has 1 rings (SSSR count). The molecule has 0 fully saturated rings. The standard InChI is InChI=1S/C24H39BrO7/c1-4-5-6-9-24(2,3)20-7-8-22(21(25)18-20)32-17-16-30-13-12-28-10-11-29-14-15-31-19-23(26)27/h7-8,18H,4-6,9-17,19H2,1-3H3,(H,26,27). The van der Waals surface area contributed by atoms with Gasteiger partial charge in [0.1, 0.15) is 19.0 Å². The number of benzene rings is 1. The second kappa shape index (κ2) is 17.3. The van der Waals surface area contributed by atoms with Crippen LogP contribution in [0.15, 0.2) is 22.7 Å². The Hall–Kier alpha value is -1.19. The first-order chi connectivity index (χ1) is 15.4. The SMILES string of the molecule is CCCCCC(C)(C)c1ccc(OCCOCCOCCOCCOCC(=O)O)c(Br)c1. The van der Waals surface area contributed by atoms with Crippen molar-refractivity contribution in [2.75, 3.05) is 59.5 Å². The third-order valence-corrected chi connectivity index (χ3v) is 5.57. The first kappa shape index (κ1) is 28.8. The molecule has 0 unspecified atom stereocenters. The number of halogens is 1. The number of carboxylic acid groups (broad SMARTS) is 1. The van der Waals surface area contributed by atoms with Crippen LogP contribution in [0.25, 0.3) is 0 Å². The first-order valence-electron chi connectivity index (χ1n) is 11.3. The van der Waals surface area contributed by atoms with E-state index < -0.39 is 5.97 Å². The van der Waals surface area contributed by atoms with Crippen LogP contribution in [0.4, 0.5) is 0 Å². The monoisotopic (exact) mass is 518 g/mol. The maximum Gasteiger partial charge on any atom is 0.329 e. The minimum Gasteiger partial charge on any atom is -0.490 e. The second-order valence-electron chi connectivity index (χ2n) is 8.12. The van der Waals surface area contributed by atoms with Gasteiger partial charge in [-0.1, -0.05) is 46.1 Å². The summed E-state index contributed by atoms with van der Waals surface area (Å²) in [5.41, 5.74) is 1.47. The third-order valence-electron chi connectivity index (χ3n) is 4.95. The molecule has 0 bridgehead atoms. The Morgan fingerprint density at radius 3 is 2.00 bits per heavy atom. The lowest BCUT2D eigenvalue weighted by molar-refractivity contribution is -0.142. The molecule has 0 aliphatic carbocycles. The van der Waals surface area contributed by atoms with Crippen molar-refractivity contribution in [2.45, 2.75) is 51.9 Å². The zero-order valence-corrected chi connectivity index (χ0v) is 21.3. The smallest absolute Gasteiger partial charge is 0.329 e. The topological polar surface area (TPSA) is 83.5 Å². The molecule has 1 aromatic rings. The fourth-order valence-electron chi connectivity index (χ4n) is 3.03. The van der Waals surface area contributed by atoms with Crippen LogP contribution in [0, 0.1) is 0 Å². The summed E-state index contributed by atoms with van der Waals surface area (Å²) in [6, 6.07) is 6.34. The van der Waals surface area contributed by atoms with Crippen LogP contribution in [0.3, 0.4) is 0 Å². The normalized spacial score (nSPS) is 11.6. The van der Waals surface area contributed by atoms with Gasteiger partial charge in [-0.3, -0.25) is 0 Å². The van der Waals surface area contributed by atoms with Gasteiger partial charge in [0.25, 0.3) is 0 Å². The van der Waals surface area contributed by atoms with Gasteiger partial charge in [0, 0.05) is 0 Å². The van der Waals surface area contributed by atoms with Gasteiger partial charge in [-0.05, 0) is 45.5 Å². The van der Waals surface area contributed by atoms with E-state index in [9.17, 15) is 4.79 Å². The van der Waals surface area contributed by atoms with Crippen molar-refractivity contribution in [1.29, 1.82) is 0 Å². The highest BCUT2D eigenvalue weighted by Gasteiger charge is 2.21. The number of hydrogen-bond donors (Lipinski definition) is 1. The Bertz CT molecular complexity index is 637. The van der Waals surface area contributed by atoms with Gasteiger partial charge in [-0.2, -0.15) is 0 Å². The molecule has 8 heteroatoms. The molecule has 0 heterocycles. The highest BCUT2D eigenvalue weighted by Crippen LogP contribution is 2.34. The fraction of sp³-hybridized carbons (Fsp3) is 0.708. The van der Waals surface area contributed by atoms with E-state index in [1.54, 1.807) is 0 Å². The number of unbranched alkanes of at least 4 members (excludes halogenated alkanes) is 2. The van der Waals surface area contributed by atoms with E-state index in [0.717, 1.165) is 10.2 Å². The Morgan fingerprint density at radius 1 is 0.906 bits per heavy atom. The van der Waals surface area contributed by atoms with E-state index in [2.05, 4.69) is 48.8 Å². The number of carbonyl (C=O) groups is 1. The van der Waals surface area contributed by atoms with Gasteiger partial charge in [0.15, 0.2) is 0 Å². The lowest BCUT2D eigenvalue weighted by Crippen LogP contribution is -2.17. The van der Waals surface area contributed by atoms with Crippen molar-refractivity contribution in [2.24, 2.45) is 0 Å². The Morgan fingerprint density at radius 2 is 1.47 bits per heavy atom. The predicted octanol–water partition coefficient (Wildman–Crippen LogP) is 4.84. The Labute approximate surface area is 200 Å². The summed E-state index contributed by atoms with van der Waals surface area (Å²) in [4.78, 5) is 10.3. The number of aliphatic carboxylic acids is 1. The fourth-order valence-corrected chi connectivity index (χ4v) is 3.52. The number of ether oxygens (including phenoxy) is 5. The second-order valence-corrected chi connectivity index (χ2v) is 8.97. The summed E-state index contributed by atoms with van der Waals surface area (Å²) in [7, 11) is 0. The quantitative estimate of drug-likeness (QED) is 0.247. The molecule has 1 aromatic carbocycles. The summed E-state index contributed by atoms with van der Waals surface area (Å²) in [6.45, 7) is 9.91. The van der Waals surface area contributed by atoms with E-state index in [-0.39, 0.29) is 18.6 Å². The van der Waals surface area contributed by atoms with Crippen molar-refractivity contribution in [3.8, 4) is 5.75 Å². The van der Waals surface area contributed by atoms with Crippen LogP contribution in [-0.4, -0.2) is 70.5 Å². The maximum absolute atomic E-state index is 10.3. The number of hydrogen-bond acceptors (Lipinski definition) is 6. The minimum absolute atomic E-state index is 0.151. The molecular formula is C24H39BrO7. The van der Waals surface area contributed by atoms with Crippen LogP contribution in [0.5, 0.6) is 5.75 Å². The van der Waals surface area contributed by atoms with Crippen LogP contribution >= 0.6 is 15.9 Å². The van der Waals surface area contributed by atoms with Gasteiger partial charge >= 0.3 is 5.97 Å². The molecule has 0 spiro atoms. The van der Waals surface area contributed by atoms with E-state index in [4.69, 9.17) is 28.8 Å². The van der Waals surface area contributed by atoms with Crippen LogP contribution in [0.2, 0.25) is 0 Å². The van der Waals surface area contributed by atoms with E-state index in [1.807, 2.05) is 6.07 Å². The summed E-state index contributed by atoms with van der Waals surface area (Å²) < 4.78 is 27.9. The number of carboxylic acids is 1. The molecule has 1 N–H and O–H groups in total. The molecule has 184 valence electrons. The Balaban J connectivity index is 2.08. The zero-order chi connectivity index (χ0) is 23.7. The van der Waals surface area contributed by atoms with E-state index in [0.29, 0.717) is 46.2 Å². The lowest BCUT2D eigenvalue weighted by Gasteiger charge is -2.26. The largest absolute Gasteiger partial charge is 0.490 e. The van der Waals surface area contributed by atoms with Gasteiger partial charge in [0.2, 0.25) is 0 Å². The number of rotatable bonds is 20. The van der Waals surface area contributed by atoms with Gasteiger partial charge < -0.3 is 28.8 Å². The highest BCUT2D eigenvalue weighted by atomic mass is 79.9. The molecule has 0 aliphatic rings. The molecule has 0 atom stereocenters. The van der Waals surface area contributed by atoms with Gasteiger partial charge in [0.05, 0.1) is 50.7 Å². The summed E-state index contributed by atoms with van der Waals surface area (Å²) in [5, 5.41) is 8.42. The molecule has 0 amide bonds. The van der Waals surface area contributed by atoms with Crippen LogP contribution in [0.1, 0.15) is 52.0 Å². The molecule has 0 aliphatic heterocycles. The molecule has 7 nitrogen and oxygen atoms in total. The predicted molar refractivity (Wildman–Crippen MR) is 128 cm³/mol. The molecule has 32 heavy (non-hydrogen) atoms. The van der Waals surface area contributed by atoms with E-state index >= 15 is 0 Å². The third kappa shape index (κ3) is 13.4. The average molecular weight is 519 g/mol. The van der Waals surface area contributed by atoms with Gasteiger partial charge in [-0.15, -0.1) is 0 Å². The summed E-state index contributed by atoms with van der Waals surface area (Å²) >= 11 is 3.63. The van der Waals surface area contributed by atoms with Crippen molar-refractivity contribution in [3.05, 3.63) is 28.2 Å². The Kier molecular flexibility index (Phi) is 15.6. The molecule has 0 saturated carbocycles.